The molecule has 0 aromatic carbocycles. The first-order chi connectivity index (χ1) is 15.3. The molecule has 0 saturated carbocycles. The second-order valence-corrected chi connectivity index (χ2v) is 12.1. The molecule has 0 bridgehead atoms. The maximum absolute atomic E-state index is 2.45. The topological polar surface area (TPSA) is 0 Å². The van der Waals surface area contributed by atoms with E-state index in [1.165, 1.54) is 164 Å². The molecule has 0 aliphatic carbocycles. The van der Waals surface area contributed by atoms with Gasteiger partial charge in [-0.15, -0.1) is 0 Å². The Morgan fingerprint density at radius 1 is 0.281 bits per heavy atom. The minimum atomic E-state index is 1.23. The molecule has 0 unspecified atom stereocenters. The molecule has 0 aromatic heterocycles. The molecule has 0 radical (unpaired) electrons. The lowest BCUT2D eigenvalue weighted by Gasteiger charge is -2.31. The lowest BCUT2D eigenvalue weighted by atomic mass is 10.1. The second-order valence-electron chi connectivity index (χ2n) is 12.1. The van der Waals surface area contributed by atoms with Gasteiger partial charge in [0, 0.05) is 0 Å². The van der Waals surface area contributed by atoms with Crippen LogP contribution in [0, 0.1) is 0 Å². The highest BCUT2D eigenvalue weighted by Crippen LogP contribution is 2.14. The molecule has 0 aliphatic rings. The molecule has 32 heavy (non-hydrogen) atoms. The van der Waals surface area contributed by atoms with Crippen LogP contribution in [0.2, 0.25) is 0 Å². The Kier molecular flexibility index (Phi) is 21.4. The lowest BCUT2D eigenvalue weighted by Crippen LogP contribution is -2.41. The molecule has 0 amide bonds. The van der Waals surface area contributed by atoms with Gasteiger partial charge in [-0.05, 0) is 51.4 Å². The lowest BCUT2D eigenvalue weighted by molar-refractivity contribution is -0.891. The highest BCUT2D eigenvalue weighted by Gasteiger charge is 2.15. The van der Waals surface area contributed by atoms with Gasteiger partial charge in [-0.1, -0.05) is 90.9 Å². The molecule has 0 saturated heterocycles. The Hall–Kier alpha value is -0.0800. The van der Waals surface area contributed by atoms with E-state index in [0.717, 1.165) is 0 Å². The maximum atomic E-state index is 2.45. The summed E-state index contributed by atoms with van der Waals surface area (Å²) in [4.78, 5) is 0. The number of quaternary nitrogens is 2. The molecule has 2 nitrogen and oxygen atoms in total. The molecule has 0 N–H and O–H groups in total. The Morgan fingerprint density at radius 2 is 0.469 bits per heavy atom. The van der Waals surface area contributed by atoms with Crippen molar-refractivity contribution >= 4 is 0 Å². The molecule has 0 aromatic rings. The zero-order valence-corrected chi connectivity index (χ0v) is 23.9. The average Bonchev–Trinajstić information content (AvgIpc) is 2.74. The predicted molar refractivity (Wildman–Crippen MR) is 147 cm³/mol. The van der Waals surface area contributed by atoms with Crippen molar-refractivity contribution in [3.8, 4) is 0 Å². The summed E-state index contributed by atoms with van der Waals surface area (Å²) < 4.78 is 2.46. The summed E-state index contributed by atoms with van der Waals surface area (Å²) in [5.74, 6) is 0. The van der Waals surface area contributed by atoms with Crippen LogP contribution in [0.5, 0.6) is 0 Å². The quantitative estimate of drug-likeness (QED) is 0.0953. The van der Waals surface area contributed by atoms with Gasteiger partial charge in [-0.25, -0.2) is 0 Å². The molecule has 0 aliphatic heterocycles. The minimum absolute atomic E-state index is 1.23. The van der Waals surface area contributed by atoms with Crippen molar-refractivity contribution < 1.29 is 8.97 Å². The summed E-state index contributed by atoms with van der Waals surface area (Å²) in [6.45, 7) is 10.1. The molecule has 0 heterocycles. The van der Waals surface area contributed by atoms with Gasteiger partial charge in [-0.3, -0.25) is 0 Å². The fourth-order valence-electron chi connectivity index (χ4n) is 5.00. The average molecular weight is 455 g/mol. The summed E-state index contributed by atoms with van der Waals surface area (Å²) >= 11 is 0. The van der Waals surface area contributed by atoms with E-state index in [0.29, 0.717) is 0 Å². The van der Waals surface area contributed by atoms with Crippen molar-refractivity contribution in [1.82, 2.24) is 0 Å². The number of rotatable bonds is 25. The van der Waals surface area contributed by atoms with Crippen molar-refractivity contribution in [2.75, 3.05) is 54.4 Å². The third kappa shape index (κ3) is 23.1. The first-order valence-corrected chi connectivity index (χ1v) is 15.0. The largest absolute Gasteiger partial charge is 0.328 e. The number of unbranched alkanes of at least 4 members (excludes halogenated alkanes) is 17. The first-order valence-electron chi connectivity index (χ1n) is 15.0. The smallest absolute Gasteiger partial charge is 0.0782 e. The zero-order chi connectivity index (χ0) is 24.0. The standard InChI is InChI=1S/C30H66N2/c1-7-9-11-13-14-15-16-17-18-19-20-24-28-32(5,6)30-26-22-21-25-29-31(3,4)27-23-12-10-8-2/h7-30H2,1-6H3/q+2. The van der Waals surface area contributed by atoms with Gasteiger partial charge < -0.3 is 8.97 Å². The van der Waals surface area contributed by atoms with Crippen molar-refractivity contribution in [3.05, 3.63) is 0 Å². The van der Waals surface area contributed by atoms with E-state index >= 15 is 0 Å². The van der Waals surface area contributed by atoms with Crippen LogP contribution in [-0.4, -0.2) is 63.3 Å². The van der Waals surface area contributed by atoms with Crippen molar-refractivity contribution in [2.24, 2.45) is 0 Å². The van der Waals surface area contributed by atoms with Gasteiger partial charge >= 0.3 is 0 Å². The van der Waals surface area contributed by atoms with Crippen LogP contribution in [0.25, 0.3) is 0 Å². The SMILES string of the molecule is CCCCCCCCCCCCCC[N+](C)(C)CCCCCC[N+](C)(C)CCCCCC. The van der Waals surface area contributed by atoms with E-state index in [-0.39, 0.29) is 0 Å². The van der Waals surface area contributed by atoms with Crippen LogP contribution in [0.4, 0.5) is 0 Å². The molecular weight excluding hydrogens is 388 g/mol. The Balaban J connectivity index is 3.50. The summed E-state index contributed by atoms with van der Waals surface area (Å²) in [5, 5.41) is 0. The van der Waals surface area contributed by atoms with E-state index in [9.17, 15) is 0 Å². The monoisotopic (exact) mass is 455 g/mol. The van der Waals surface area contributed by atoms with Gasteiger partial charge in [0.2, 0.25) is 0 Å². The van der Waals surface area contributed by atoms with Crippen LogP contribution in [-0.2, 0) is 0 Å². The molecule has 194 valence electrons. The van der Waals surface area contributed by atoms with E-state index < -0.39 is 0 Å². The molecule has 0 spiro atoms. The predicted octanol–water partition coefficient (Wildman–Crippen LogP) is 8.98. The molecule has 0 fully saturated rings. The number of hydrogen-bond acceptors (Lipinski definition) is 0. The normalized spacial score (nSPS) is 12.6. The van der Waals surface area contributed by atoms with Crippen LogP contribution in [0.3, 0.4) is 0 Å². The molecule has 0 atom stereocenters. The van der Waals surface area contributed by atoms with E-state index in [4.69, 9.17) is 0 Å². The van der Waals surface area contributed by atoms with Gasteiger partial charge in [0.1, 0.15) is 0 Å². The summed E-state index contributed by atoms with van der Waals surface area (Å²) in [6, 6.07) is 0. The van der Waals surface area contributed by atoms with Crippen molar-refractivity contribution in [3.63, 3.8) is 0 Å². The van der Waals surface area contributed by atoms with E-state index in [1.807, 2.05) is 0 Å². The van der Waals surface area contributed by atoms with E-state index in [2.05, 4.69) is 42.0 Å². The summed E-state index contributed by atoms with van der Waals surface area (Å²) in [7, 11) is 9.77. The number of hydrogen-bond donors (Lipinski definition) is 0. The highest BCUT2D eigenvalue weighted by atomic mass is 15.3. The maximum Gasteiger partial charge on any atom is 0.0782 e. The minimum Gasteiger partial charge on any atom is -0.328 e. The third-order valence-electron chi connectivity index (χ3n) is 7.51. The van der Waals surface area contributed by atoms with Crippen molar-refractivity contribution in [2.45, 2.75) is 142 Å². The van der Waals surface area contributed by atoms with E-state index in [1.54, 1.807) is 0 Å². The summed E-state index contributed by atoms with van der Waals surface area (Å²) in [6.07, 6.45) is 28.7. The van der Waals surface area contributed by atoms with Crippen LogP contribution >= 0.6 is 0 Å². The summed E-state index contributed by atoms with van der Waals surface area (Å²) in [5.41, 5.74) is 0. The van der Waals surface area contributed by atoms with Crippen LogP contribution < -0.4 is 0 Å². The molecule has 2 heteroatoms. The van der Waals surface area contributed by atoms with Gasteiger partial charge in [0.25, 0.3) is 0 Å². The zero-order valence-electron chi connectivity index (χ0n) is 23.9. The second kappa shape index (κ2) is 21.5. The Bertz CT molecular complexity index is 375. The van der Waals surface area contributed by atoms with Gasteiger partial charge in [-0.2, -0.15) is 0 Å². The fraction of sp³-hybridized carbons (Fsp3) is 1.00. The highest BCUT2D eigenvalue weighted by molar-refractivity contribution is 4.50. The first kappa shape index (κ1) is 31.9. The molecular formula is C30H66N2+2. The van der Waals surface area contributed by atoms with Crippen LogP contribution in [0.15, 0.2) is 0 Å². The third-order valence-corrected chi connectivity index (χ3v) is 7.51. The Labute approximate surface area is 205 Å². The van der Waals surface area contributed by atoms with Gasteiger partial charge in [0.05, 0.1) is 54.4 Å². The molecule has 0 rings (SSSR count). The van der Waals surface area contributed by atoms with Crippen molar-refractivity contribution in [1.29, 1.82) is 0 Å². The Morgan fingerprint density at radius 3 is 0.719 bits per heavy atom. The van der Waals surface area contributed by atoms with Crippen LogP contribution in [0.1, 0.15) is 142 Å². The number of nitrogens with zero attached hydrogens (tertiary/aromatic N) is 2. The fourth-order valence-corrected chi connectivity index (χ4v) is 5.00. The van der Waals surface area contributed by atoms with Gasteiger partial charge in [0.15, 0.2) is 0 Å².